The molecule has 0 spiro atoms. The monoisotopic (exact) mass is 278 g/mol. The summed E-state index contributed by atoms with van der Waals surface area (Å²) in [6.45, 7) is 0. The Hall–Kier alpha value is -1.45. The van der Waals surface area contributed by atoms with Crippen molar-refractivity contribution in [3.05, 3.63) is 64.7 Å². The molecule has 1 aromatic carbocycles. The van der Waals surface area contributed by atoms with Gasteiger partial charge in [-0.15, -0.1) is 0 Å². The number of halogens is 2. The van der Waals surface area contributed by atoms with Gasteiger partial charge in [-0.1, -0.05) is 23.7 Å². The van der Waals surface area contributed by atoms with Crippen molar-refractivity contribution < 1.29 is 4.39 Å². The maximum Gasteiger partial charge on any atom is 0.127 e. The van der Waals surface area contributed by atoms with E-state index >= 15 is 0 Å². The Morgan fingerprint density at radius 1 is 1.26 bits per heavy atom. The van der Waals surface area contributed by atoms with Crippen LogP contribution in [-0.2, 0) is 12.8 Å². The van der Waals surface area contributed by atoms with E-state index in [1.807, 2.05) is 25.2 Å². The quantitative estimate of drug-likeness (QED) is 0.908. The van der Waals surface area contributed by atoms with Crippen LogP contribution in [0.5, 0.6) is 0 Å². The number of nitrogens with zero attached hydrogens (tertiary/aromatic N) is 1. The van der Waals surface area contributed by atoms with Gasteiger partial charge in [-0.25, -0.2) is 4.39 Å². The lowest BCUT2D eigenvalue weighted by Gasteiger charge is -2.16. The molecule has 19 heavy (non-hydrogen) atoms. The third kappa shape index (κ3) is 4.01. The second-order valence-electron chi connectivity index (χ2n) is 4.45. The Bertz CT molecular complexity index is 531. The predicted octanol–water partition coefficient (Wildman–Crippen LogP) is 3.25. The van der Waals surface area contributed by atoms with Crippen LogP contribution in [0.3, 0.4) is 0 Å². The lowest BCUT2D eigenvalue weighted by atomic mass is 10.0. The molecule has 0 aliphatic carbocycles. The number of pyridine rings is 1. The second kappa shape index (κ2) is 6.64. The number of aromatic nitrogens is 1. The number of hydrogen-bond acceptors (Lipinski definition) is 2. The van der Waals surface area contributed by atoms with Crippen LogP contribution in [0.25, 0.3) is 0 Å². The van der Waals surface area contributed by atoms with Gasteiger partial charge in [0.05, 0.1) is 0 Å². The number of hydrogen-bond donors (Lipinski definition) is 1. The summed E-state index contributed by atoms with van der Waals surface area (Å²) in [5.74, 6) is -0.256. The highest BCUT2D eigenvalue weighted by atomic mass is 35.5. The highest BCUT2D eigenvalue weighted by Gasteiger charge is 2.12. The largest absolute Gasteiger partial charge is 0.316 e. The van der Waals surface area contributed by atoms with E-state index in [0.717, 1.165) is 12.1 Å². The Morgan fingerprint density at radius 2 is 2.11 bits per heavy atom. The molecule has 4 heteroatoms. The Morgan fingerprint density at radius 3 is 2.74 bits per heavy atom. The first-order valence-corrected chi connectivity index (χ1v) is 6.58. The van der Waals surface area contributed by atoms with Gasteiger partial charge in [0, 0.05) is 29.4 Å². The lowest BCUT2D eigenvalue weighted by Crippen LogP contribution is -2.30. The van der Waals surface area contributed by atoms with Crippen LogP contribution < -0.4 is 5.32 Å². The molecule has 1 aromatic heterocycles. The van der Waals surface area contributed by atoms with Gasteiger partial charge < -0.3 is 5.32 Å². The van der Waals surface area contributed by atoms with Gasteiger partial charge in [-0.3, -0.25) is 4.98 Å². The molecule has 0 aliphatic heterocycles. The zero-order valence-corrected chi connectivity index (χ0v) is 11.5. The van der Waals surface area contributed by atoms with Gasteiger partial charge in [0.1, 0.15) is 5.82 Å². The normalized spacial score (nSPS) is 12.4. The molecular weight excluding hydrogens is 263 g/mol. The zero-order valence-electron chi connectivity index (χ0n) is 10.7. The third-order valence-corrected chi connectivity index (χ3v) is 3.31. The van der Waals surface area contributed by atoms with E-state index in [1.165, 1.54) is 6.07 Å². The van der Waals surface area contributed by atoms with Crippen LogP contribution in [0.1, 0.15) is 11.3 Å². The molecule has 1 heterocycles. The van der Waals surface area contributed by atoms with Gasteiger partial charge in [-0.05, 0) is 43.3 Å². The van der Waals surface area contributed by atoms with Crippen LogP contribution in [0.15, 0.2) is 42.6 Å². The van der Waals surface area contributed by atoms with Crippen molar-refractivity contribution in [3.63, 3.8) is 0 Å². The minimum absolute atomic E-state index is 0.144. The average Bonchev–Trinajstić information content (AvgIpc) is 2.42. The zero-order chi connectivity index (χ0) is 13.7. The van der Waals surface area contributed by atoms with Crippen molar-refractivity contribution in [2.24, 2.45) is 0 Å². The van der Waals surface area contributed by atoms with Gasteiger partial charge in [0.2, 0.25) is 0 Å². The van der Waals surface area contributed by atoms with E-state index in [-0.39, 0.29) is 11.9 Å². The molecule has 1 atom stereocenters. The SMILES string of the molecule is CNC(Cc1ccccn1)Cc1ccc(Cl)cc1F. The summed E-state index contributed by atoms with van der Waals surface area (Å²) in [6, 6.07) is 10.8. The molecule has 2 nitrogen and oxygen atoms in total. The van der Waals surface area contributed by atoms with Gasteiger partial charge >= 0.3 is 0 Å². The number of nitrogens with one attached hydrogen (secondary N) is 1. The van der Waals surface area contributed by atoms with Crippen LogP contribution in [0.4, 0.5) is 4.39 Å². The summed E-state index contributed by atoms with van der Waals surface area (Å²) < 4.78 is 13.8. The standard InChI is InChI=1S/C15H16ClFN2/c1-18-14(10-13-4-2-3-7-19-13)8-11-5-6-12(16)9-15(11)17/h2-7,9,14,18H,8,10H2,1H3. The number of rotatable bonds is 5. The van der Waals surface area contributed by atoms with Crippen LogP contribution in [0, 0.1) is 5.82 Å². The molecule has 0 aliphatic rings. The molecule has 1 unspecified atom stereocenters. The summed E-state index contributed by atoms with van der Waals surface area (Å²) in [5.41, 5.74) is 1.66. The number of benzene rings is 1. The van der Waals surface area contributed by atoms with Crippen molar-refractivity contribution in [1.29, 1.82) is 0 Å². The molecule has 0 bridgehead atoms. The molecular formula is C15H16ClFN2. The highest BCUT2D eigenvalue weighted by Crippen LogP contribution is 2.16. The predicted molar refractivity (Wildman–Crippen MR) is 75.9 cm³/mol. The topological polar surface area (TPSA) is 24.9 Å². The summed E-state index contributed by atoms with van der Waals surface area (Å²) in [7, 11) is 1.88. The van der Waals surface area contributed by atoms with Crippen LogP contribution >= 0.6 is 11.6 Å². The summed E-state index contributed by atoms with van der Waals surface area (Å²) in [6.07, 6.45) is 3.14. The smallest absolute Gasteiger partial charge is 0.127 e. The second-order valence-corrected chi connectivity index (χ2v) is 4.89. The van der Waals surface area contributed by atoms with Crippen LogP contribution in [0.2, 0.25) is 5.02 Å². The first-order chi connectivity index (χ1) is 9.19. The summed E-state index contributed by atoms with van der Waals surface area (Å²) >= 11 is 5.75. The van der Waals surface area contributed by atoms with Gasteiger partial charge in [0.15, 0.2) is 0 Å². The Kier molecular flexibility index (Phi) is 4.88. The summed E-state index contributed by atoms with van der Waals surface area (Å²) in [4.78, 5) is 4.29. The molecule has 2 rings (SSSR count). The van der Waals surface area contributed by atoms with E-state index in [9.17, 15) is 4.39 Å². The van der Waals surface area contributed by atoms with Crippen molar-refractivity contribution in [3.8, 4) is 0 Å². The van der Waals surface area contributed by atoms with E-state index in [1.54, 1.807) is 18.3 Å². The average molecular weight is 279 g/mol. The minimum atomic E-state index is -0.256. The molecule has 0 saturated heterocycles. The fourth-order valence-corrected chi connectivity index (χ4v) is 2.16. The minimum Gasteiger partial charge on any atom is -0.316 e. The summed E-state index contributed by atoms with van der Waals surface area (Å²) in [5, 5.41) is 3.62. The van der Waals surface area contributed by atoms with E-state index in [4.69, 9.17) is 11.6 Å². The molecule has 1 N–H and O–H groups in total. The van der Waals surface area contributed by atoms with E-state index in [2.05, 4.69) is 10.3 Å². The van der Waals surface area contributed by atoms with Gasteiger partial charge in [0.25, 0.3) is 0 Å². The maximum atomic E-state index is 13.8. The van der Waals surface area contributed by atoms with Crippen LogP contribution in [-0.4, -0.2) is 18.1 Å². The molecule has 100 valence electrons. The van der Waals surface area contributed by atoms with Crippen molar-refractivity contribution in [2.75, 3.05) is 7.05 Å². The molecule has 2 aromatic rings. The Balaban J connectivity index is 2.06. The highest BCUT2D eigenvalue weighted by molar-refractivity contribution is 6.30. The van der Waals surface area contributed by atoms with Crippen molar-refractivity contribution >= 4 is 11.6 Å². The van der Waals surface area contributed by atoms with Gasteiger partial charge in [-0.2, -0.15) is 0 Å². The number of likely N-dealkylation sites (N-methyl/N-ethyl adjacent to an activating group) is 1. The molecule has 0 fully saturated rings. The molecule has 0 amide bonds. The fourth-order valence-electron chi connectivity index (χ4n) is 2.00. The van der Waals surface area contributed by atoms with E-state index < -0.39 is 0 Å². The molecule has 0 saturated carbocycles. The van der Waals surface area contributed by atoms with Crippen molar-refractivity contribution in [2.45, 2.75) is 18.9 Å². The van der Waals surface area contributed by atoms with E-state index in [0.29, 0.717) is 17.0 Å². The third-order valence-electron chi connectivity index (χ3n) is 3.07. The fraction of sp³-hybridized carbons (Fsp3) is 0.267. The lowest BCUT2D eigenvalue weighted by molar-refractivity contribution is 0.528. The Labute approximate surface area is 117 Å². The first kappa shape index (κ1) is 14.0. The first-order valence-electron chi connectivity index (χ1n) is 6.20. The maximum absolute atomic E-state index is 13.8. The molecule has 0 radical (unpaired) electrons. The van der Waals surface area contributed by atoms with Crippen molar-refractivity contribution in [1.82, 2.24) is 10.3 Å².